The lowest BCUT2D eigenvalue weighted by atomic mass is 9.92. The van der Waals surface area contributed by atoms with E-state index in [1.165, 1.54) is 18.4 Å². The summed E-state index contributed by atoms with van der Waals surface area (Å²) in [5.74, 6) is 1.36. The second-order valence-electron chi connectivity index (χ2n) is 7.28. The Labute approximate surface area is 160 Å². The summed E-state index contributed by atoms with van der Waals surface area (Å²) in [6, 6.07) is 4.99. The number of halogens is 1. The number of carbonyl (C=O) groups excluding carboxylic acids is 2. The van der Waals surface area contributed by atoms with Gasteiger partial charge in [0.15, 0.2) is 0 Å². The molecule has 1 fully saturated rings. The molecule has 2 atom stereocenters. The van der Waals surface area contributed by atoms with Crippen LogP contribution in [-0.2, 0) is 9.59 Å². The number of likely N-dealkylation sites (tertiary alicyclic amines) is 1. The molecule has 144 valence electrons. The molecule has 1 N–H and O–H groups in total. The number of amides is 2. The van der Waals surface area contributed by atoms with Gasteiger partial charge in [-0.2, -0.15) is 0 Å². The number of ether oxygens (including phenoxy) is 1. The Kier molecular flexibility index (Phi) is 7.29. The highest BCUT2D eigenvalue weighted by Gasteiger charge is 2.24. The average Bonchev–Trinajstić information content (AvgIpc) is 2.53. The predicted molar refractivity (Wildman–Crippen MR) is 104 cm³/mol. The summed E-state index contributed by atoms with van der Waals surface area (Å²) in [6.07, 6.45) is 1.20. The Bertz CT molecular complexity index is 643. The monoisotopic (exact) mass is 381 g/mol. The van der Waals surface area contributed by atoms with Crippen molar-refractivity contribution in [3.05, 3.63) is 23.2 Å². The third kappa shape index (κ3) is 5.88. The van der Waals surface area contributed by atoms with Crippen LogP contribution in [0.1, 0.15) is 20.3 Å². The van der Waals surface area contributed by atoms with Crippen LogP contribution in [0.4, 0.5) is 5.69 Å². The van der Waals surface area contributed by atoms with Gasteiger partial charge in [-0.1, -0.05) is 25.4 Å². The van der Waals surface area contributed by atoms with E-state index in [1.54, 1.807) is 25.2 Å². The molecule has 0 aliphatic carbocycles. The van der Waals surface area contributed by atoms with E-state index >= 15 is 0 Å². The summed E-state index contributed by atoms with van der Waals surface area (Å²) >= 11 is 5.97. The first-order valence-corrected chi connectivity index (χ1v) is 9.26. The Balaban J connectivity index is 1.88. The summed E-state index contributed by atoms with van der Waals surface area (Å²) < 4.78 is 5.21. The summed E-state index contributed by atoms with van der Waals surface area (Å²) in [6.45, 7) is 6.60. The van der Waals surface area contributed by atoms with Gasteiger partial charge in [0, 0.05) is 25.2 Å². The molecule has 0 spiro atoms. The molecule has 1 saturated heterocycles. The Morgan fingerprint density at radius 1 is 1.31 bits per heavy atom. The lowest BCUT2D eigenvalue weighted by Gasteiger charge is -2.35. The molecule has 0 saturated carbocycles. The maximum atomic E-state index is 12.4. The maximum absolute atomic E-state index is 12.4. The van der Waals surface area contributed by atoms with E-state index in [1.807, 2.05) is 0 Å². The number of likely N-dealkylation sites (N-methyl/N-ethyl adjacent to an activating group) is 1. The largest absolute Gasteiger partial charge is 0.495 e. The second-order valence-corrected chi connectivity index (χ2v) is 7.72. The van der Waals surface area contributed by atoms with Gasteiger partial charge in [-0.3, -0.25) is 14.5 Å². The lowest BCUT2D eigenvalue weighted by molar-refractivity contribution is -0.134. The van der Waals surface area contributed by atoms with E-state index in [4.69, 9.17) is 16.3 Å². The van der Waals surface area contributed by atoms with E-state index in [2.05, 4.69) is 24.1 Å². The van der Waals surface area contributed by atoms with Gasteiger partial charge >= 0.3 is 0 Å². The topological polar surface area (TPSA) is 61.9 Å². The minimum atomic E-state index is -0.290. The van der Waals surface area contributed by atoms with Crippen LogP contribution in [-0.4, -0.2) is 62.0 Å². The molecule has 1 aromatic carbocycles. The number of nitrogens with zero attached hydrogens (tertiary/aromatic N) is 2. The van der Waals surface area contributed by atoms with Crippen molar-refractivity contribution < 1.29 is 14.3 Å². The Morgan fingerprint density at radius 3 is 2.58 bits per heavy atom. The van der Waals surface area contributed by atoms with Gasteiger partial charge in [0.1, 0.15) is 5.75 Å². The molecule has 0 aromatic heterocycles. The number of hydrogen-bond donors (Lipinski definition) is 1. The number of nitrogens with one attached hydrogen (secondary N) is 1. The first kappa shape index (κ1) is 20.5. The number of benzene rings is 1. The highest BCUT2D eigenvalue weighted by molar-refractivity contribution is 6.31. The van der Waals surface area contributed by atoms with Crippen LogP contribution >= 0.6 is 11.6 Å². The minimum Gasteiger partial charge on any atom is -0.495 e. The number of anilines is 1. The molecule has 1 aliphatic heterocycles. The molecular weight excluding hydrogens is 354 g/mol. The van der Waals surface area contributed by atoms with Crippen molar-refractivity contribution in [2.45, 2.75) is 20.3 Å². The van der Waals surface area contributed by atoms with Gasteiger partial charge in [0.05, 0.1) is 25.9 Å². The zero-order valence-electron chi connectivity index (χ0n) is 15.9. The third-order valence-electron chi connectivity index (χ3n) is 4.55. The van der Waals surface area contributed by atoms with Crippen LogP contribution in [0, 0.1) is 11.8 Å². The molecule has 1 heterocycles. The molecule has 6 nitrogen and oxygen atoms in total. The summed E-state index contributed by atoms with van der Waals surface area (Å²) in [5.41, 5.74) is 0.490. The molecule has 2 amide bonds. The molecular formula is C19H28ClN3O3. The fourth-order valence-corrected chi connectivity index (χ4v) is 3.68. The molecule has 2 rings (SSSR count). The van der Waals surface area contributed by atoms with Gasteiger partial charge in [-0.25, -0.2) is 0 Å². The molecule has 1 aliphatic rings. The van der Waals surface area contributed by atoms with E-state index in [9.17, 15) is 9.59 Å². The van der Waals surface area contributed by atoms with Crippen molar-refractivity contribution in [2.75, 3.05) is 45.7 Å². The highest BCUT2D eigenvalue weighted by Crippen LogP contribution is 2.27. The fourth-order valence-electron chi connectivity index (χ4n) is 3.50. The number of hydrogen-bond acceptors (Lipinski definition) is 4. The predicted octanol–water partition coefficient (Wildman–Crippen LogP) is 2.72. The van der Waals surface area contributed by atoms with Crippen LogP contribution in [0.25, 0.3) is 0 Å². The number of rotatable bonds is 6. The first-order valence-electron chi connectivity index (χ1n) is 8.88. The standard InChI is InChI=1S/C19H28ClN3O3/c1-13-7-14(2)10-23(9-13)12-19(25)22(3)11-18(24)21-16-8-15(20)5-6-17(16)26-4/h5-6,8,13-14H,7,9-12H2,1-4H3,(H,21,24)/t13-,14-/m1/s1. The smallest absolute Gasteiger partial charge is 0.244 e. The van der Waals surface area contributed by atoms with E-state index < -0.39 is 0 Å². The summed E-state index contributed by atoms with van der Waals surface area (Å²) in [7, 11) is 3.17. The number of methoxy groups -OCH3 is 1. The van der Waals surface area contributed by atoms with Crippen LogP contribution in [0.5, 0.6) is 5.75 Å². The van der Waals surface area contributed by atoms with Crippen molar-refractivity contribution in [3.8, 4) is 5.75 Å². The van der Waals surface area contributed by atoms with Gasteiger partial charge in [0.2, 0.25) is 11.8 Å². The van der Waals surface area contributed by atoms with Gasteiger partial charge in [-0.05, 0) is 36.5 Å². The van der Waals surface area contributed by atoms with Crippen molar-refractivity contribution in [1.82, 2.24) is 9.80 Å². The molecule has 0 radical (unpaired) electrons. The SMILES string of the molecule is COc1ccc(Cl)cc1NC(=O)CN(C)C(=O)CN1C[C@H](C)C[C@@H](C)C1. The Hall–Kier alpha value is -1.79. The molecule has 0 bridgehead atoms. The zero-order chi connectivity index (χ0) is 19.3. The van der Waals surface area contributed by atoms with Gasteiger partial charge < -0.3 is 15.0 Å². The minimum absolute atomic E-state index is 0.0204. The zero-order valence-corrected chi connectivity index (χ0v) is 16.7. The normalized spacial score (nSPS) is 20.5. The number of piperidine rings is 1. The van der Waals surface area contributed by atoms with Crippen molar-refractivity contribution in [3.63, 3.8) is 0 Å². The van der Waals surface area contributed by atoms with E-state index in [-0.39, 0.29) is 18.4 Å². The summed E-state index contributed by atoms with van der Waals surface area (Å²) in [5, 5.41) is 3.25. The highest BCUT2D eigenvalue weighted by atomic mass is 35.5. The molecule has 1 aromatic rings. The lowest BCUT2D eigenvalue weighted by Crippen LogP contribution is -2.46. The average molecular weight is 382 g/mol. The summed E-state index contributed by atoms with van der Waals surface area (Å²) in [4.78, 5) is 28.4. The van der Waals surface area contributed by atoms with Crippen LogP contribution in [0.15, 0.2) is 18.2 Å². The van der Waals surface area contributed by atoms with Crippen LogP contribution in [0.2, 0.25) is 5.02 Å². The van der Waals surface area contributed by atoms with Gasteiger partial charge in [0.25, 0.3) is 0 Å². The molecule has 7 heteroatoms. The van der Waals surface area contributed by atoms with Gasteiger partial charge in [-0.15, -0.1) is 0 Å². The van der Waals surface area contributed by atoms with E-state index in [0.717, 1.165) is 13.1 Å². The molecule has 26 heavy (non-hydrogen) atoms. The van der Waals surface area contributed by atoms with Crippen molar-refractivity contribution in [2.24, 2.45) is 11.8 Å². The third-order valence-corrected chi connectivity index (χ3v) is 4.78. The van der Waals surface area contributed by atoms with Crippen LogP contribution in [0.3, 0.4) is 0 Å². The Morgan fingerprint density at radius 2 is 1.96 bits per heavy atom. The maximum Gasteiger partial charge on any atom is 0.244 e. The van der Waals surface area contributed by atoms with Crippen molar-refractivity contribution in [1.29, 1.82) is 0 Å². The number of carbonyl (C=O) groups is 2. The second kappa shape index (κ2) is 9.24. The molecule has 0 unspecified atom stereocenters. The van der Waals surface area contributed by atoms with E-state index in [0.29, 0.717) is 34.8 Å². The first-order chi connectivity index (χ1) is 12.3. The fraction of sp³-hybridized carbons (Fsp3) is 0.579. The van der Waals surface area contributed by atoms with Crippen molar-refractivity contribution >= 4 is 29.1 Å². The van der Waals surface area contributed by atoms with Crippen LogP contribution < -0.4 is 10.1 Å². The quantitative estimate of drug-likeness (QED) is 0.823.